The number of carbonyl (C=O) groups is 1. The summed E-state index contributed by atoms with van der Waals surface area (Å²) in [5.41, 5.74) is 1.07. The fourth-order valence-corrected chi connectivity index (χ4v) is 3.00. The number of benzene rings is 1. The second-order valence-corrected chi connectivity index (χ2v) is 7.06. The van der Waals surface area contributed by atoms with Crippen molar-refractivity contribution in [1.29, 1.82) is 0 Å². The second kappa shape index (κ2) is 7.21. The lowest BCUT2D eigenvalue weighted by molar-refractivity contribution is 0.251. The van der Waals surface area contributed by atoms with Gasteiger partial charge in [-0.15, -0.1) is 0 Å². The number of pyridine rings is 1. The molecule has 7 nitrogen and oxygen atoms in total. The SMILES string of the molecule is CN(C)S(=O)(=O)c1ccccc1CNC(=O)Nc1cccnc1. The van der Waals surface area contributed by atoms with Crippen LogP contribution in [0.4, 0.5) is 10.5 Å². The molecule has 1 aromatic heterocycles. The summed E-state index contributed by atoms with van der Waals surface area (Å²) in [6.45, 7) is 0.0926. The predicted octanol–water partition coefficient (Wildman–Crippen LogP) is 1.65. The maximum absolute atomic E-state index is 12.3. The Kier molecular flexibility index (Phi) is 5.30. The van der Waals surface area contributed by atoms with E-state index in [0.29, 0.717) is 11.3 Å². The van der Waals surface area contributed by atoms with E-state index < -0.39 is 16.1 Å². The van der Waals surface area contributed by atoms with Crippen molar-refractivity contribution in [2.45, 2.75) is 11.4 Å². The van der Waals surface area contributed by atoms with Gasteiger partial charge in [-0.1, -0.05) is 18.2 Å². The number of hydrogen-bond donors (Lipinski definition) is 2. The Morgan fingerprint density at radius 1 is 1.17 bits per heavy atom. The lowest BCUT2D eigenvalue weighted by Crippen LogP contribution is -2.30. The first-order valence-electron chi connectivity index (χ1n) is 6.86. The summed E-state index contributed by atoms with van der Waals surface area (Å²) in [6.07, 6.45) is 3.12. The minimum Gasteiger partial charge on any atom is -0.334 e. The normalized spacial score (nSPS) is 11.3. The number of carbonyl (C=O) groups excluding carboxylic acids is 1. The highest BCUT2D eigenvalue weighted by atomic mass is 32.2. The summed E-state index contributed by atoms with van der Waals surface area (Å²) < 4.78 is 25.7. The zero-order valence-corrected chi connectivity index (χ0v) is 13.7. The number of nitrogens with zero attached hydrogens (tertiary/aromatic N) is 2. The fraction of sp³-hybridized carbons (Fsp3) is 0.200. The van der Waals surface area contributed by atoms with Crippen LogP contribution in [0.15, 0.2) is 53.7 Å². The van der Waals surface area contributed by atoms with Gasteiger partial charge in [0.15, 0.2) is 0 Å². The molecule has 2 rings (SSSR count). The number of anilines is 1. The van der Waals surface area contributed by atoms with E-state index in [1.165, 1.54) is 26.4 Å². The van der Waals surface area contributed by atoms with E-state index in [9.17, 15) is 13.2 Å². The largest absolute Gasteiger partial charge is 0.334 e. The Morgan fingerprint density at radius 2 is 1.91 bits per heavy atom. The van der Waals surface area contributed by atoms with Gasteiger partial charge in [0.2, 0.25) is 10.0 Å². The summed E-state index contributed by atoms with van der Waals surface area (Å²) in [5.74, 6) is 0. The van der Waals surface area contributed by atoms with Crippen LogP contribution in [0, 0.1) is 0 Å². The van der Waals surface area contributed by atoms with Crippen molar-refractivity contribution in [1.82, 2.24) is 14.6 Å². The fourth-order valence-electron chi connectivity index (χ4n) is 1.89. The van der Waals surface area contributed by atoms with Gasteiger partial charge in [-0.05, 0) is 23.8 Å². The van der Waals surface area contributed by atoms with Crippen LogP contribution in [0.2, 0.25) is 0 Å². The molecule has 0 fully saturated rings. The molecule has 0 unspecified atom stereocenters. The Labute approximate surface area is 135 Å². The lowest BCUT2D eigenvalue weighted by Gasteiger charge is -2.15. The molecule has 8 heteroatoms. The average molecular weight is 334 g/mol. The molecule has 1 heterocycles. The number of sulfonamides is 1. The highest BCUT2D eigenvalue weighted by molar-refractivity contribution is 7.89. The van der Waals surface area contributed by atoms with E-state index in [1.807, 2.05) is 0 Å². The van der Waals surface area contributed by atoms with Crippen molar-refractivity contribution in [3.8, 4) is 0 Å². The molecule has 0 radical (unpaired) electrons. The summed E-state index contributed by atoms with van der Waals surface area (Å²) in [6, 6.07) is 9.54. The molecule has 0 atom stereocenters. The molecule has 23 heavy (non-hydrogen) atoms. The van der Waals surface area contributed by atoms with Crippen LogP contribution < -0.4 is 10.6 Å². The van der Waals surface area contributed by atoms with E-state index >= 15 is 0 Å². The number of rotatable bonds is 5. The smallest absolute Gasteiger partial charge is 0.319 e. The van der Waals surface area contributed by atoms with Gasteiger partial charge in [0.1, 0.15) is 0 Å². The van der Waals surface area contributed by atoms with Crippen molar-refractivity contribution in [3.05, 3.63) is 54.4 Å². The molecule has 0 aliphatic rings. The van der Waals surface area contributed by atoms with Gasteiger partial charge in [-0.2, -0.15) is 0 Å². The minimum absolute atomic E-state index is 0.0926. The number of urea groups is 1. The molecule has 2 amide bonds. The molecule has 2 aromatic rings. The topological polar surface area (TPSA) is 91.4 Å². The van der Waals surface area contributed by atoms with Crippen LogP contribution in [0.3, 0.4) is 0 Å². The average Bonchev–Trinajstić information content (AvgIpc) is 2.54. The van der Waals surface area contributed by atoms with Crippen molar-refractivity contribution >= 4 is 21.7 Å². The third-order valence-corrected chi connectivity index (χ3v) is 5.01. The molecule has 2 N–H and O–H groups in total. The van der Waals surface area contributed by atoms with Crippen molar-refractivity contribution < 1.29 is 13.2 Å². The summed E-state index contributed by atoms with van der Waals surface area (Å²) in [5, 5.41) is 5.26. The highest BCUT2D eigenvalue weighted by Gasteiger charge is 2.20. The predicted molar refractivity (Wildman–Crippen MR) is 87.4 cm³/mol. The van der Waals surface area contributed by atoms with E-state index in [2.05, 4.69) is 15.6 Å². The van der Waals surface area contributed by atoms with E-state index in [0.717, 1.165) is 4.31 Å². The third kappa shape index (κ3) is 4.27. The molecular weight excluding hydrogens is 316 g/mol. The zero-order chi connectivity index (χ0) is 16.9. The molecule has 122 valence electrons. The number of nitrogens with one attached hydrogen (secondary N) is 2. The van der Waals surface area contributed by atoms with Gasteiger partial charge >= 0.3 is 6.03 Å². The zero-order valence-electron chi connectivity index (χ0n) is 12.9. The lowest BCUT2D eigenvalue weighted by atomic mass is 10.2. The van der Waals surface area contributed by atoms with Crippen LogP contribution in [-0.2, 0) is 16.6 Å². The van der Waals surface area contributed by atoms with Crippen molar-refractivity contribution in [2.75, 3.05) is 19.4 Å². The Bertz CT molecular complexity index is 776. The first-order valence-corrected chi connectivity index (χ1v) is 8.30. The van der Waals surface area contributed by atoms with Crippen LogP contribution >= 0.6 is 0 Å². The van der Waals surface area contributed by atoms with E-state index in [-0.39, 0.29) is 11.4 Å². The van der Waals surface area contributed by atoms with Gasteiger partial charge in [0, 0.05) is 26.8 Å². The van der Waals surface area contributed by atoms with E-state index in [4.69, 9.17) is 0 Å². The second-order valence-electron chi connectivity index (χ2n) is 4.94. The molecule has 0 saturated heterocycles. The molecule has 0 saturated carbocycles. The monoisotopic (exact) mass is 334 g/mol. The van der Waals surface area contributed by atoms with Gasteiger partial charge < -0.3 is 10.6 Å². The number of amides is 2. The maximum Gasteiger partial charge on any atom is 0.319 e. The number of aromatic nitrogens is 1. The summed E-state index contributed by atoms with van der Waals surface area (Å²) in [4.78, 5) is 15.9. The maximum atomic E-state index is 12.3. The van der Waals surface area contributed by atoms with Crippen LogP contribution in [0.1, 0.15) is 5.56 Å². The number of hydrogen-bond acceptors (Lipinski definition) is 4. The first kappa shape index (κ1) is 16.9. The Morgan fingerprint density at radius 3 is 2.57 bits per heavy atom. The Hall–Kier alpha value is -2.45. The van der Waals surface area contributed by atoms with Gasteiger partial charge in [-0.25, -0.2) is 17.5 Å². The summed E-state index contributed by atoms with van der Waals surface area (Å²) >= 11 is 0. The Balaban J connectivity index is 2.08. The van der Waals surface area contributed by atoms with Crippen LogP contribution in [0.25, 0.3) is 0 Å². The summed E-state index contributed by atoms with van der Waals surface area (Å²) in [7, 11) is -0.629. The highest BCUT2D eigenvalue weighted by Crippen LogP contribution is 2.18. The third-order valence-electron chi connectivity index (χ3n) is 3.09. The van der Waals surface area contributed by atoms with Crippen LogP contribution in [0.5, 0.6) is 0 Å². The van der Waals surface area contributed by atoms with Gasteiger partial charge in [-0.3, -0.25) is 4.98 Å². The van der Waals surface area contributed by atoms with Crippen molar-refractivity contribution in [2.24, 2.45) is 0 Å². The van der Waals surface area contributed by atoms with E-state index in [1.54, 1.807) is 36.5 Å². The minimum atomic E-state index is -3.56. The van der Waals surface area contributed by atoms with Gasteiger partial charge in [0.25, 0.3) is 0 Å². The van der Waals surface area contributed by atoms with Crippen LogP contribution in [-0.4, -0.2) is 37.8 Å². The first-order chi connectivity index (χ1) is 10.9. The molecule has 1 aromatic carbocycles. The standard InChI is InChI=1S/C15H18N4O3S/c1-19(2)23(21,22)14-8-4-3-6-12(14)10-17-15(20)18-13-7-5-9-16-11-13/h3-9,11H,10H2,1-2H3,(H2,17,18,20). The molecular formula is C15H18N4O3S. The molecule has 0 aliphatic carbocycles. The quantitative estimate of drug-likeness (QED) is 0.870. The molecule has 0 aliphatic heterocycles. The van der Waals surface area contributed by atoms with Crippen molar-refractivity contribution in [3.63, 3.8) is 0 Å². The molecule has 0 bridgehead atoms. The molecule has 0 spiro atoms. The van der Waals surface area contributed by atoms with Gasteiger partial charge in [0.05, 0.1) is 16.8 Å².